The second kappa shape index (κ2) is 5.35. The van der Waals surface area contributed by atoms with Crippen LogP contribution in [0.4, 0.5) is 0 Å². The number of amides is 2. The van der Waals surface area contributed by atoms with Gasteiger partial charge in [-0.3, -0.25) is 14.5 Å². The van der Waals surface area contributed by atoms with Gasteiger partial charge < -0.3 is 0 Å². The average molecular weight is 218 g/mol. The van der Waals surface area contributed by atoms with E-state index in [0.717, 1.165) is 12.8 Å². The fourth-order valence-electron chi connectivity index (χ4n) is 1.63. The molecule has 1 unspecified atom stereocenters. The highest BCUT2D eigenvalue weighted by Crippen LogP contribution is 2.18. The number of unbranched alkanes of at least 4 members (excludes halogenated alkanes) is 1. The lowest BCUT2D eigenvalue weighted by Gasteiger charge is -2.13. The van der Waals surface area contributed by atoms with Crippen molar-refractivity contribution in [1.29, 1.82) is 0 Å². The van der Waals surface area contributed by atoms with Crippen LogP contribution in [0.15, 0.2) is 0 Å². The maximum Gasteiger partial charge on any atom is 0.229 e. The number of rotatable bonds is 4. The van der Waals surface area contributed by atoms with Gasteiger partial charge in [-0.25, -0.2) is 0 Å². The molecular weight excluding hydrogens is 202 g/mol. The lowest BCUT2D eigenvalue weighted by Crippen LogP contribution is -2.32. The van der Waals surface area contributed by atoms with E-state index < -0.39 is 0 Å². The summed E-state index contributed by atoms with van der Waals surface area (Å²) in [7, 11) is 0. The van der Waals surface area contributed by atoms with Crippen molar-refractivity contribution >= 4 is 23.4 Å². The molecule has 14 heavy (non-hydrogen) atoms. The molecule has 0 N–H and O–H groups in total. The summed E-state index contributed by atoms with van der Waals surface area (Å²) < 4.78 is 0. The quantitative estimate of drug-likeness (QED) is 0.532. The Labute approximate surface area is 89.4 Å². The summed E-state index contributed by atoms with van der Waals surface area (Å²) in [6.45, 7) is 2.59. The Balaban J connectivity index is 2.33. The number of halogens is 1. The van der Waals surface area contributed by atoms with Crippen molar-refractivity contribution in [3.8, 4) is 0 Å². The molecule has 3 nitrogen and oxygen atoms in total. The van der Waals surface area contributed by atoms with Crippen molar-refractivity contribution in [3.05, 3.63) is 0 Å². The highest BCUT2D eigenvalue weighted by molar-refractivity contribution is 6.17. The van der Waals surface area contributed by atoms with Crippen LogP contribution in [0.3, 0.4) is 0 Å². The Kier molecular flexibility index (Phi) is 4.39. The molecule has 0 aromatic rings. The standard InChI is InChI=1S/C10H16ClNO2/c1-8-6-10(14)12(7-8)9(13)4-2-3-5-11/h8H,2-7H2,1H3. The van der Waals surface area contributed by atoms with Gasteiger partial charge in [-0.05, 0) is 18.8 Å². The number of imide groups is 1. The van der Waals surface area contributed by atoms with Gasteiger partial charge in [-0.2, -0.15) is 0 Å². The van der Waals surface area contributed by atoms with Gasteiger partial charge in [0.2, 0.25) is 11.8 Å². The van der Waals surface area contributed by atoms with Crippen LogP contribution in [-0.4, -0.2) is 29.1 Å². The first-order valence-corrected chi connectivity index (χ1v) is 5.57. The first-order valence-electron chi connectivity index (χ1n) is 5.04. The van der Waals surface area contributed by atoms with E-state index in [2.05, 4.69) is 0 Å². The van der Waals surface area contributed by atoms with Gasteiger partial charge in [0.1, 0.15) is 0 Å². The van der Waals surface area contributed by atoms with E-state index in [1.54, 1.807) is 0 Å². The molecule has 1 aliphatic rings. The number of likely N-dealkylation sites (tertiary alicyclic amines) is 1. The summed E-state index contributed by atoms with van der Waals surface area (Å²) >= 11 is 5.50. The first-order chi connectivity index (χ1) is 6.65. The van der Waals surface area contributed by atoms with Gasteiger partial charge in [0.15, 0.2) is 0 Å². The van der Waals surface area contributed by atoms with Crippen molar-refractivity contribution in [2.75, 3.05) is 12.4 Å². The molecule has 0 bridgehead atoms. The molecule has 1 rings (SSSR count). The third kappa shape index (κ3) is 2.98. The van der Waals surface area contributed by atoms with Gasteiger partial charge in [0, 0.05) is 25.3 Å². The molecule has 1 saturated heterocycles. The number of alkyl halides is 1. The van der Waals surface area contributed by atoms with Crippen LogP contribution in [0.25, 0.3) is 0 Å². The molecule has 1 aliphatic heterocycles. The van der Waals surface area contributed by atoms with Crippen molar-refractivity contribution < 1.29 is 9.59 Å². The van der Waals surface area contributed by atoms with Gasteiger partial charge in [-0.1, -0.05) is 6.92 Å². The summed E-state index contributed by atoms with van der Waals surface area (Å²) in [6.07, 6.45) is 2.58. The maximum absolute atomic E-state index is 11.5. The molecule has 0 saturated carbocycles. The topological polar surface area (TPSA) is 37.4 Å². The smallest absolute Gasteiger partial charge is 0.229 e. The third-order valence-corrected chi connectivity index (χ3v) is 2.66. The Morgan fingerprint density at radius 2 is 2.29 bits per heavy atom. The monoisotopic (exact) mass is 217 g/mol. The average Bonchev–Trinajstić information content (AvgIpc) is 2.45. The molecule has 0 spiro atoms. The summed E-state index contributed by atoms with van der Waals surface area (Å²) in [5.41, 5.74) is 0. The molecule has 1 heterocycles. The fraction of sp³-hybridized carbons (Fsp3) is 0.800. The maximum atomic E-state index is 11.5. The van der Waals surface area contributed by atoms with E-state index in [-0.39, 0.29) is 11.8 Å². The Bertz CT molecular complexity index is 230. The molecule has 2 amide bonds. The second-order valence-electron chi connectivity index (χ2n) is 3.85. The molecule has 0 aromatic heterocycles. The van der Waals surface area contributed by atoms with Crippen molar-refractivity contribution in [2.45, 2.75) is 32.6 Å². The third-order valence-electron chi connectivity index (χ3n) is 2.39. The van der Waals surface area contributed by atoms with Crippen LogP contribution < -0.4 is 0 Å². The van der Waals surface area contributed by atoms with E-state index in [1.807, 2.05) is 6.92 Å². The highest BCUT2D eigenvalue weighted by atomic mass is 35.5. The normalized spacial score (nSPS) is 21.7. The van der Waals surface area contributed by atoms with Crippen LogP contribution in [-0.2, 0) is 9.59 Å². The van der Waals surface area contributed by atoms with Gasteiger partial charge in [0.05, 0.1) is 0 Å². The number of carbonyl (C=O) groups is 2. The highest BCUT2D eigenvalue weighted by Gasteiger charge is 2.30. The number of hydrogen-bond donors (Lipinski definition) is 0. The van der Waals surface area contributed by atoms with Gasteiger partial charge in [0.25, 0.3) is 0 Å². The molecule has 0 radical (unpaired) electrons. The molecule has 0 aliphatic carbocycles. The van der Waals surface area contributed by atoms with E-state index >= 15 is 0 Å². The predicted octanol–water partition coefficient (Wildman–Crippen LogP) is 1.79. The zero-order valence-corrected chi connectivity index (χ0v) is 9.22. The van der Waals surface area contributed by atoms with Crippen molar-refractivity contribution in [2.24, 2.45) is 5.92 Å². The van der Waals surface area contributed by atoms with Crippen molar-refractivity contribution in [3.63, 3.8) is 0 Å². The molecule has 4 heteroatoms. The van der Waals surface area contributed by atoms with Gasteiger partial charge >= 0.3 is 0 Å². The van der Waals surface area contributed by atoms with Crippen LogP contribution >= 0.6 is 11.6 Å². The van der Waals surface area contributed by atoms with Crippen molar-refractivity contribution in [1.82, 2.24) is 4.90 Å². The summed E-state index contributed by atoms with van der Waals surface area (Å²) in [4.78, 5) is 24.3. The van der Waals surface area contributed by atoms with Crippen LogP contribution in [0, 0.1) is 5.92 Å². The molecular formula is C10H16ClNO2. The Hall–Kier alpha value is -0.570. The van der Waals surface area contributed by atoms with E-state index in [9.17, 15) is 9.59 Å². The Morgan fingerprint density at radius 1 is 1.57 bits per heavy atom. The zero-order chi connectivity index (χ0) is 10.6. The summed E-state index contributed by atoms with van der Waals surface area (Å²) in [5.74, 6) is 0.842. The van der Waals surface area contributed by atoms with E-state index in [1.165, 1.54) is 4.90 Å². The fourth-order valence-corrected chi connectivity index (χ4v) is 1.82. The minimum Gasteiger partial charge on any atom is -0.282 e. The second-order valence-corrected chi connectivity index (χ2v) is 4.23. The number of carbonyl (C=O) groups excluding carboxylic acids is 2. The predicted molar refractivity (Wildman–Crippen MR) is 55.1 cm³/mol. The molecule has 0 aromatic carbocycles. The minimum atomic E-state index is -0.0375. The Morgan fingerprint density at radius 3 is 2.79 bits per heavy atom. The summed E-state index contributed by atoms with van der Waals surface area (Å²) in [6, 6.07) is 0. The molecule has 80 valence electrons. The first kappa shape index (κ1) is 11.5. The largest absolute Gasteiger partial charge is 0.282 e. The zero-order valence-electron chi connectivity index (χ0n) is 8.46. The number of nitrogens with zero attached hydrogens (tertiary/aromatic N) is 1. The minimum absolute atomic E-state index is 0.0200. The van der Waals surface area contributed by atoms with Crippen LogP contribution in [0.1, 0.15) is 32.6 Å². The SMILES string of the molecule is CC1CC(=O)N(C(=O)CCCCCl)C1. The molecule has 1 atom stereocenters. The number of hydrogen-bond acceptors (Lipinski definition) is 2. The summed E-state index contributed by atoms with van der Waals surface area (Å²) in [5, 5.41) is 0. The lowest BCUT2D eigenvalue weighted by molar-refractivity contribution is -0.141. The van der Waals surface area contributed by atoms with E-state index in [0.29, 0.717) is 31.2 Å². The van der Waals surface area contributed by atoms with Crippen LogP contribution in [0.5, 0.6) is 0 Å². The lowest BCUT2D eigenvalue weighted by atomic mass is 10.2. The molecule has 1 fully saturated rings. The van der Waals surface area contributed by atoms with Gasteiger partial charge in [-0.15, -0.1) is 11.6 Å². The van der Waals surface area contributed by atoms with E-state index in [4.69, 9.17) is 11.6 Å². The van der Waals surface area contributed by atoms with Crippen LogP contribution in [0.2, 0.25) is 0 Å².